The molecule has 0 spiro atoms. The molecule has 7 atom stereocenters. The summed E-state index contributed by atoms with van der Waals surface area (Å²) in [5.74, 6) is -1.25. The van der Waals surface area contributed by atoms with E-state index in [2.05, 4.69) is 18.5 Å². The zero-order chi connectivity index (χ0) is 22.3. The number of amides is 1. The first-order valence-corrected chi connectivity index (χ1v) is 12.6. The molecule has 1 aromatic rings. The van der Waals surface area contributed by atoms with Gasteiger partial charge in [-0.15, -0.1) is 0 Å². The number of benzene rings is 1. The topological polar surface area (TPSA) is 80.5 Å². The molecule has 1 saturated heterocycles. The van der Waals surface area contributed by atoms with Gasteiger partial charge in [0, 0.05) is 0 Å². The third-order valence-electron chi connectivity index (χ3n) is 5.82. The van der Waals surface area contributed by atoms with Gasteiger partial charge in [-0.05, 0) is 0 Å². The Kier molecular flexibility index (Phi) is 7.03. The second kappa shape index (κ2) is 9.04. The molecule has 8 heteroatoms. The number of hydrogen-bond acceptors (Lipinski definition) is 4. The van der Waals surface area contributed by atoms with Gasteiger partial charge >= 0.3 is 178 Å². The van der Waals surface area contributed by atoms with Crippen molar-refractivity contribution in [2.75, 3.05) is 0 Å². The first kappa shape index (κ1) is 23.3. The summed E-state index contributed by atoms with van der Waals surface area (Å²) in [5, 5.41) is 0. The normalized spacial score (nSPS) is 30.6. The van der Waals surface area contributed by atoms with Gasteiger partial charge in [0.15, 0.2) is 0 Å². The van der Waals surface area contributed by atoms with Crippen molar-refractivity contribution in [1.82, 2.24) is 4.90 Å². The Morgan fingerprint density at radius 2 is 1.63 bits per heavy atom. The summed E-state index contributed by atoms with van der Waals surface area (Å²) in [6, 6.07) is 6.54. The number of fused-ring (bicyclic) bond motifs is 2. The number of carbonyl (C=O) groups excluding carboxylic acids is 3. The minimum absolute atomic E-state index is 0.00788. The molecule has 1 aromatic carbocycles. The van der Waals surface area contributed by atoms with E-state index in [1.54, 1.807) is 53.4 Å². The molecule has 0 aromatic heterocycles. The molecule has 30 heavy (non-hydrogen) atoms. The number of likely N-dealkylation sites (tertiary alicyclic amines) is 1. The Morgan fingerprint density at radius 1 is 1.03 bits per heavy atom. The summed E-state index contributed by atoms with van der Waals surface area (Å²) < 4.78 is 0.966. The number of nitrogens with two attached hydrogens (primary N) is 1. The molecule has 0 bridgehead atoms. The van der Waals surface area contributed by atoms with E-state index in [4.69, 9.17) is 5.73 Å². The zero-order valence-corrected chi connectivity index (χ0v) is 22.0. The fourth-order valence-electron chi connectivity index (χ4n) is 4.29. The van der Waals surface area contributed by atoms with E-state index in [0.29, 0.717) is 22.4 Å². The molecule has 4 rings (SSSR count). The molecular formula is C22H26N2O3OsP2. The van der Waals surface area contributed by atoms with Gasteiger partial charge in [0.05, 0.1) is 0 Å². The quantitative estimate of drug-likeness (QED) is 0.491. The molecular weight excluding hydrogens is 592 g/mol. The standard InChI is InChI=1S/C20H20N2O3P2.C2H6.Os/c1-9-13(22-8-14(26)19(27)20(22)25)7-6-12(21)16-15(9)17(23)10-4-2-3-5-11(10)18(16)24;1-2;/h2-7,9,13-15,19H,21,26-27H2,1H3;1-2H3;. The van der Waals surface area contributed by atoms with Crippen molar-refractivity contribution in [2.24, 2.45) is 17.6 Å². The van der Waals surface area contributed by atoms with Gasteiger partial charge in [-0.3, -0.25) is 0 Å². The average Bonchev–Trinajstić information content (AvgIpc) is 2.87. The second-order valence-corrected chi connectivity index (χ2v) is 10.1. The fraction of sp³-hybridized carbons (Fsp3) is 0.364. The summed E-state index contributed by atoms with van der Waals surface area (Å²) in [6.45, 7) is 5.93. The van der Waals surface area contributed by atoms with Crippen LogP contribution in [-0.2, 0) is 22.9 Å². The van der Waals surface area contributed by atoms with Crippen LogP contribution in [0.25, 0.3) is 0 Å². The van der Waals surface area contributed by atoms with E-state index in [0.717, 1.165) is 4.19 Å². The molecule has 2 aliphatic carbocycles. The predicted molar refractivity (Wildman–Crippen MR) is 122 cm³/mol. The van der Waals surface area contributed by atoms with Gasteiger partial charge in [0.2, 0.25) is 0 Å². The van der Waals surface area contributed by atoms with E-state index in [-0.39, 0.29) is 40.8 Å². The molecule has 1 heterocycles. The van der Waals surface area contributed by atoms with Gasteiger partial charge in [0.1, 0.15) is 0 Å². The van der Waals surface area contributed by atoms with Crippen LogP contribution in [0.2, 0.25) is 0 Å². The number of allylic oxidation sites excluding steroid dienone is 2. The number of hydrogen-bond donors (Lipinski definition) is 1. The van der Waals surface area contributed by atoms with Gasteiger partial charge in [0.25, 0.3) is 0 Å². The molecule has 7 unspecified atom stereocenters. The predicted octanol–water partition coefficient (Wildman–Crippen LogP) is 2.50. The summed E-state index contributed by atoms with van der Waals surface area (Å²) in [6.07, 6.45) is 3.55. The van der Waals surface area contributed by atoms with Gasteiger partial charge < -0.3 is 0 Å². The van der Waals surface area contributed by atoms with E-state index >= 15 is 0 Å². The summed E-state index contributed by atoms with van der Waals surface area (Å²) in [5.41, 5.74) is 7.57. The molecule has 1 aliphatic heterocycles. The van der Waals surface area contributed by atoms with E-state index in [9.17, 15) is 14.4 Å². The molecule has 0 radical (unpaired) electrons. The molecule has 5 nitrogen and oxygen atoms in total. The van der Waals surface area contributed by atoms with Crippen molar-refractivity contribution in [3.05, 3.63) is 58.8 Å². The van der Waals surface area contributed by atoms with Crippen molar-refractivity contribution in [3.8, 4) is 0 Å². The maximum atomic E-state index is 13.4. The number of rotatable bonds is 1. The van der Waals surface area contributed by atoms with Crippen LogP contribution >= 0.6 is 18.5 Å². The van der Waals surface area contributed by atoms with Gasteiger partial charge in [-0.1, -0.05) is 13.8 Å². The summed E-state index contributed by atoms with van der Waals surface area (Å²) >= 11 is 1.70. The summed E-state index contributed by atoms with van der Waals surface area (Å²) in [7, 11) is 5.33. The Balaban J connectivity index is 0.00000124. The van der Waals surface area contributed by atoms with Crippen LogP contribution in [0.1, 0.15) is 41.5 Å². The Labute approximate surface area is 191 Å². The number of ketones is 2. The number of nitrogens with zero attached hydrogens (tertiary/aromatic N) is 1. The summed E-state index contributed by atoms with van der Waals surface area (Å²) in [4.78, 5) is 41.2. The van der Waals surface area contributed by atoms with Crippen LogP contribution in [0.15, 0.2) is 47.7 Å². The number of carbonyl (C=O) groups is 3. The van der Waals surface area contributed by atoms with Gasteiger partial charge in [-0.25, -0.2) is 0 Å². The van der Waals surface area contributed by atoms with Crippen LogP contribution in [0.5, 0.6) is 0 Å². The maximum absolute atomic E-state index is 13.4. The molecule has 3 aliphatic rings. The first-order chi connectivity index (χ1) is 14.3. The fourth-order valence-corrected chi connectivity index (χ4v) is 6.53. The van der Waals surface area contributed by atoms with Crippen LogP contribution in [0, 0.1) is 11.8 Å². The molecule has 1 fully saturated rings. The van der Waals surface area contributed by atoms with Crippen LogP contribution < -0.4 is 5.73 Å². The Morgan fingerprint density at radius 3 is 2.20 bits per heavy atom. The van der Waals surface area contributed by atoms with Crippen molar-refractivity contribution < 1.29 is 32.5 Å². The van der Waals surface area contributed by atoms with Crippen LogP contribution in [0.3, 0.4) is 0 Å². The van der Waals surface area contributed by atoms with Crippen LogP contribution in [0.4, 0.5) is 0 Å². The minimum atomic E-state index is -0.669. The van der Waals surface area contributed by atoms with E-state index < -0.39 is 5.92 Å². The third kappa shape index (κ3) is 3.52. The monoisotopic (exact) mass is 620 g/mol. The second-order valence-electron chi connectivity index (χ2n) is 7.36. The molecule has 1 amide bonds. The molecule has 160 valence electrons. The van der Waals surface area contributed by atoms with Crippen molar-refractivity contribution in [1.29, 1.82) is 0 Å². The molecule has 2 N–H and O–H groups in total. The van der Waals surface area contributed by atoms with Crippen molar-refractivity contribution in [3.63, 3.8) is 0 Å². The Hall–Kier alpha value is -1.32. The van der Waals surface area contributed by atoms with E-state index in [1.165, 1.54) is 0 Å². The zero-order valence-electron chi connectivity index (χ0n) is 17.1. The Bertz CT molecular complexity index is 984. The van der Waals surface area contributed by atoms with Crippen molar-refractivity contribution in [2.45, 2.75) is 38.1 Å². The van der Waals surface area contributed by atoms with Crippen molar-refractivity contribution >= 4 is 40.1 Å². The molecule has 0 saturated carbocycles. The van der Waals surface area contributed by atoms with Crippen LogP contribution in [-0.4, -0.2) is 43.9 Å². The van der Waals surface area contributed by atoms with E-state index in [1.807, 2.05) is 26.8 Å². The first-order valence-electron chi connectivity index (χ1n) is 9.96. The third-order valence-corrected chi connectivity index (χ3v) is 9.95. The van der Waals surface area contributed by atoms with Gasteiger partial charge in [-0.2, -0.15) is 0 Å². The SMILES string of the molecule is CC.CC1C2C(=O)c3ccccc3C(=O)C2=C(N)C=CC1N1C(=O)C(P)C(P)[C]1=[Os]. The average molecular weight is 619 g/mol. The number of Topliss-reactive ketones (excluding diaryl/α,β-unsaturated/α-hetero) is 2.